The maximum absolute atomic E-state index is 11.1. The summed E-state index contributed by atoms with van der Waals surface area (Å²) in [6.07, 6.45) is 0. The maximum atomic E-state index is 11.1. The molecule has 1 fully saturated rings. The zero-order chi connectivity index (χ0) is 16.9. The Kier molecular flexibility index (Phi) is 5.07. The molecule has 0 spiro atoms. The predicted octanol–water partition coefficient (Wildman–Crippen LogP) is 2.34. The normalized spacial score (nSPS) is 15.4. The zero-order valence-electron chi connectivity index (χ0n) is 13.5. The Bertz CT molecular complexity index is 710. The lowest BCUT2D eigenvalue weighted by Gasteiger charge is -2.25. The fourth-order valence-corrected chi connectivity index (χ4v) is 2.58. The number of furan rings is 1. The smallest absolute Gasteiger partial charge is 0.311 e. The van der Waals surface area contributed by atoms with E-state index in [9.17, 15) is 10.1 Å². The van der Waals surface area contributed by atoms with Crippen molar-refractivity contribution in [3.05, 3.63) is 51.6 Å². The number of ether oxygens (including phenoxy) is 1. The second-order valence-corrected chi connectivity index (χ2v) is 5.69. The first-order valence-electron chi connectivity index (χ1n) is 7.85. The lowest BCUT2D eigenvalue weighted by molar-refractivity contribution is -0.384. The van der Waals surface area contributed by atoms with Gasteiger partial charge in [0.05, 0.1) is 31.2 Å². The average Bonchev–Trinajstić information content (AvgIpc) is 3.01. The van der Waals surface area contributed by atoms with Crippen LogP contribution >= 0.6 is 0 Å². The molecule has 2 aromatic heterocycles. The van der Waals surface area contributed by atoms with Gasteiger partial charge in [-0.2, -0.15) is 0 Å². The van der Waals surface area contributed by atoms with Gasteiger partial charge < -0.3 is 14.5 Å². The highest BCUT2D eigenvalue weighted by Crippen LogP contribution is 2.23. The zero-order valence-corrected chi connectivity index (χ0v) is 13.5. The van der Waals surface area contributed by atoms with Crippen LogP contribution < -0.4 is 5.32 Å². The number of aryl methyl sites for hydroxylation is 1. The highest BCUT2D eigenvalue weighted by Gasteiger charge is 2.16. The largest absolute Gasteiger partial charge is 0.463 e. The fraction of sp³-hybridized carbons (Fsp3) is 0.438. The van der Waals surface area contributed by atoms with E-state index in [0.29, 0.717) is 6.54 Å². The molecule has 0 atom stereocenters. The van der Waals surface area contributed by atoms with E-state index in [-0.39, 0.29) is 11.5 Å². The van der Waals surface area contributed by atoms with Gasteiger partial charge in [-0.3, -0.25) is 15.0 Å². The summed E-state index contributed by atoms with van der Waals surface area (Å²) in [5.41, 5.74) is 0.677. The Morgan fingerprint density at radius 1 is 1.25 bits per heavy atom. The Hall–Kier alpha value is -2.45. The van der Waals surface area contributed by atoms with Crippen molar-refractivity contribution >= 4 is 11.5 Å². The number of morpholine rings is 1. The van der Waals surface area contributed by atoms with E-state index >= 15 is 0 Å². The number of hydrogen-bond acceptors (Lipinski definition) is 7. The number of pyridine rings is 1. The van der Waals surface area contributed by atoms with E-state index in [2.05, 4.69) is 15.2 Å². The summed E-state index contributed by atoms with van der Waals surface area (Å²) in [5, 5.41) is 14.0. The molecule has 24 heavy (non-hydrogen) atoms. The molecule has 8 nitrogen and oxygen atoms in total. The Balaban J connectivity index is 1.61. The molecule has 8 heteroatoms. The van der Waals surface area contributed by atoms with Crippen molar-refractivity contribution in [2.75, 3.05) is 31.6 Å². The topological polar surface area (TPSA) is 93.7 Å². The van der Waals surface area contributed by atoms with Gasteiger partial charge in [0.2, 0.25) is 5.82 Å². The molecule has 0 saturated carbocycles. The third kappa shape index (κ3) is 4.09. The summed E-state index contributed by atoms with van der Waals surface area (Å²) in [7, 11) is 0. The highest BCUT2D eigenvalue weighted by molar-refractivity contribution is 5.56. The van der Waals surface area contributed by atoms with Crippen LogP contribution in [-0.4, -0.2) is 41.1 Å². The molecule has 2 aromatic rings. The fourth-order valence-electron chi connectivity index (χ4n) is 2.58. The summed E-state index contributed by atoms with van der Waals surface area (Å²) in [4.78, 5) is 17.1. The minimum absolute atomic E-state index is 0.0410. The van der Waals surface area contributed by atoms with Crippen LogP contribution in [-0.2, 0) is 17.8 Å². The molecule has 0 bridgehead atoms. The van der Waals surface area contributed by atoms with Crippen molar-refractivity contribution in [2.45, 2.75) is 20.0 Å². The molecule has 1 aliphatic rings. The summed E-state index contributed by atoms with van der Waals surface area (Å²) in [5.74, 6) is 1.85. The van der Waals surface area contributed by atoms with Gasteiger partial charge in [-0.15, -0.1) is 0 Å². The summed E-state index contributed by atoms with van der Waals surface area (Å²) < 4.78 is 11.1. The Morgan fingerprint density at radius 3 is 2.75 bits per heavy atom. The molecule has 0 aliphatic carbocycles. The van der Waals surface area contributed by atoms with E-state index in [1.54, 1.807) is 13.0 Å². The number of nitrogens with zero attached hydrogens (tertiary/aromatic N) is 3. The second kappa shape index (κ2) is 7.41. The van der Waals surface area contributed by atoms with E-state index < -0.39 is 4.92 Å². The van der Waals surface area contributed by atoms with Gasteiger partial charge in [0, 0.05) is 24.8 Å². The highest BCUT2D eigenvalue weighted by atomic mass is 16.6. The Morgan fingerprint density at radius 2 is 2.00 bits per heavy atom. The number of anilines is 1. The molecule has 0 unspecified atom stereocenters. The summed E-state index contributed by atoms with van der Waals surface area (Å²) >= 11 is 0. The Labute approximate surface area is 139 Å². The first-order valence-corrected chi connectivity index (χ1v) is 7.85. The lowest BCUT2D eigenvalue weighted by atomic mass is 10.3. The predicted molar refractivity (Wildman–Crippen MR) is 87.8 cm³/mol. The number of hydrogen-bond donors (Lipinski definition) is 1. The van der Waals surface area contributed by atoms with Crippen molar-refractivity contribution in [1.29, 1.82) is 0 Å². The van der Waals surface area contributed by atoms with Gasteiger partial charge in [0.25, 0.3) is 0 Å². The van der Waals surface area contributed by atoms with Gasteiger partial charge in [-0.1, -0.05) is 0 Å². The first kappa shape index (κ1) is 16.4. The van der Waals surface area contributed by atoms with E-state index in [4.69, 9.17) is 9.15 Å². The van der Waals surface area contributed by atoms with Gasteiger partial charge in [0.15, 0.2) is 0 Å². The third-order valence-corrected chi connectivity index (χ3v) is 3.84. The van der Waals surface area contributed by atoms with Crippen LogP contribution in [0.4, 0.5) is 11.5 Å². The molecule has 3 heterocycles. The molecule has 1 N–H and O–H groups in total. The van der Waals surface area contributed by atoms with Crippen LogP contribution in [0.25, 0.3) is 0 Å². The number of aromatic nitrogens is 1. The van der Waals surface area contributed by atoms with Gasteiger partial charge in [-0.05, 0) is 25.1 Å². The van der Waals surface area contributed by atoms with Crippen molar-refractivity contribution in [3.63, 3.8) is 0 Å². The second-order valence-electron chi connectivity index (χ2n) is 5.69. The van der Waals surface area contributed by atoms with E-state index in [1.165, 1.54) is 6.07 Å². The van der Waals surface area contributed by atoms with Crippen molar-refractivity contribution in [2.24, 2.45) is 0 Å². The van der Waals surface area contributed by atoms with E-state index in [1.807, 2.05) is 12.1 Å². The number of rotatable bonds is 6. The quantitative estimate of drug-likeness (QED) is 0.641. The molecule has 0 radical (unpaired) electrons. The van der Waals surface area contributed by atoms with Crippen molar-refractivity contribution < 1.29 is 14.1 Å². The van der Waals surface area contributed by atoms with Crippen molar-refractivity contribution in [1.82, 2.24) is 9.88 Å². The lowest BCUT2D eigenvalue weighted by Crippen LogP contribution is -2.35. The summed E-state index contributed by atoms with van der Waals surface area (Å²) in [6.45, 7) is 6.17. The minimum atomic E-state index is -0.444. The standard InChI is InChI=1S/C16H20N4O4/c1-12-2-5-15(20(21)22)16(18-12)17-10-13-3-4-14(24-13)11-19-6-8-23-9-7-19/h2-5H,6-11H2,1H3,(H,17,18). The third-order valence-electron chi connectivity index (χ3n) is 3.84. The monoisotopic (exact) mass is 332 g/mol. The minimum Gasteiger partial charge on any atom is -0.463 e. The molecular weight excluding hydrogens is 312 g/mol. The molecule has 1 aliphatic heterocycles. The van der Waals surface area contributed by atoms with Crippen molar-refractivity contribution in [3.8, 4) is 0 Å². The van der Waals surface area contributed by atoms with Gasteiger partial charge in [-0.25, -0.2) is 4.98 Å². The van der Waals surface area contributed by atoms with Crippen LogP contribution in [0.15, 0.2) is 28.7 Å². The van der Waals surface area contributed by atoms with Crippen LogP contribution in [0.3, 0.4) is 0 Å². The molecular formula is C16H20N4O4. The van der Waals surface area contributed by atoms with Crippen LogP contribution in [0.2, 0.25) is 0 Å². The van der Waals surface area contributed by atoms with E-state index in [0.717, 1.165) is 50.1 Å². The van der Waals surface area contributed by atoms with Crippen LogP contribution in [0.5, 0.6) is 0 Å². The maximum Gasteiger partial charge on any atom is 0.311 e. The first-order chi connectivity index (χ1) is 11.6. The molecule has 0 amide bonds. The van der Waals surface area contributed by atoms with Crippen LogP contribution in [0.1, 0.15) is 17.2 Å². The SMILES string of the molecule is Cc1ccc([N+](=O)[O-])c(NCc2ccc(CN3CCOCC3)o2)n1. The van der Waals surface area contributed by atoms with Crippen LogP contribution in [0, 0.1) is 17.0 Å². The number of nitro groups is 1. The molecule has 0 aromatic carbocycles. The van der Waals surface area contributed by atoms with Gasteiger partial charge in [0.1, 0.15) is 11.5 Å². The molecule has 3 rings (SSSR count). The molecule has 1 saturated heterocycles. The molecule has 128 valence electrons. The summed E-state index contributed by atoms with van der Waals surface area (Å²) in [6, 6.07) is 6.89. The van der Waals surface area contributed by atoms with Gasteiger partial charge >= 0.3 is 5.69 Å². The average molecular weight is 332 g/mol. The number of nitrogens with one attached hydrogen (secondary N) is 1.